The van der Waals surface area contributed by atoms with Crippen molar-refractivity contribution in [2.45, 2.75) is 0 Å². The quantitative estimate of drug-likeness (QED) is 0.578. The van der Waals surface area contributed by atoms with Crippen molar-refractivity contribution in [3.05, 3.63) is 29.3 Å². The Hall–Kier alpha value is -1.22. The van der Waals surface area contributed by atoms with Crippen LogP contribution in [0.3, 0.4) is 0 Å². The van der Waals surface area contributed by atoms with Crippen LogP contribution in [0.25, 0.3) is 0 Å². The normalized spacial score (nSPS) is 7.73. The molecule has 3 nitrogen and oxygen atoms in total. The first-order valence-corrected chi connectivity index (χ1v) is 3.18. The summed E-state index contributed by atoms with van der Waals surface area (Å²) in [6.07, 6.45) is 0.250. The Morgan fingerprint density at radius 2 is 1.73 bits per heavy atom. The van der Waals surface area contributed by atoms with Crippen LogP contribution in [-0.2, 0) is 4.79 Å². The molecule has 0 saturated heterocycles. The van der Waals surface area contributed by atoms with E-state index in [2.05, 4.69) is 5.73 Å². The van der Waals surface area contributed by atoms with E-state index in [4.69, 9.17) is 21.5 Å². The van der Waals surface area contributed by atoms with Crippen LogP contribution in [0.2, 0.25) is 5.02 Å². The number of rotatable bonds is 0. The van der Waals surface area contributed by atoms with Crippen LogP contribution in [0, 0.1) is 0 Å². The van der Waals surface area contributed by atoms with Gasteiger partial charge in [0.2, 0.25) is 6.41 Å². The number of carbonyl (C=O) groups excluding carboxylic acids is 1. The van der Waals surface area contributed by atoms with Gasteiger partial charge in [-0.2, -0.15) is 0 Å². The Kier molecular flexibility index (Phi) is 4.94. The van der Waals surface area contributed by atoms with Crippen LogP contribution >= 0.6 is 11.6 Å². The summed E-state index contributed by atoms with van der Waals surface area (Å²) < 4.78 is 0. The number of benzene rings is 1. The van der Waals surface area contributed by atoms with Gasteiger partial charge in [0, 0.05) is 5.02 Å². The molecule has 0 heterocycles. The van der Waals surface area contributed by atoms with E-state index in [1.54, 1.807) is 24.3 Å². The molecule has 0 aliphatic rings. The molecule has 0 unspecified atom stereocenters. The molecule has 0 aromatic heterocycles. The number of nitrogens with two attached hydrogens (primary N) is 1. The van der Waals surface area contributed by atoms with Gasteiger partial charge in [0.1, 0.15) is 5.75 Å². The van der Waals surface area contributed by atoms with Gasteiger partial charge in [0.05, 0.1) is 0 Å². The van der Waals surface area contributed by atoms with E-state index < -0.39 is 0 Å². The fraction of sp³-hybridized carbons (Fsp3) is 0. The van der Waals surface area contributed by atoms with Gasteiger partial charge in [-0.25, -0.2) is 0 Å². The minimum atomic E-state index is 0.245. The van der Waals surface area contributed by atoms with Gasteiger partial charge in [-0.1, -0.05) is 11.6 Å². The standard InChI is InChI=1S/C6H5ClO.CH3NO/c7-5-1-3-6(8)4-2-5;2-1-3/h1-4,8H;1H,(H2,2,3). The van der Waals surface area contributed by atoms with E-state index in [1.165, 1.54) is 0 Å². The van der Waals surface area contributed by atoms with Crippen molar-refractivity contribution < 1.29 is 9.90 Å². The topological polar surface area (TPSA) is 63.3 Å². The predicted molar refractivity (Wildman–Crippen MR) is 43.4 cm³/mol. The van der Waals surface area contributed by atoms with Gasteiger partial charge in [-0.15, -0.1) is 0 Å². The summed E-state index contributed by atoms with van der Waals surface area (Å²) in [5.41, 5.74) is 4.17. The Morgan fingerprint density at radius 1 is 1.36 bits per heavy atom. The fourth-order valence-corrected chi connectivity index (χ4v) is 0.567. The van der Waals surface area contributed by atoms with E-state index in [0.717, 1.165) is 0 Å². The highest BCUT2D eigenvalue weighted by atomic mass is 35.5. The van der Waals surface area contributed by atoms with E-state index in [-0.39, 0.29) is 12.2 Å². The van der Waals surface area contributed by atoms with Crippen molar-refractivity contribution in [1.29, 1.82) is 0 Å². The molecule has 0 radical (unpaired) electrons. The molecule has 0 aliphatic heterocycles. The van der Waals surface area contributed by atoms with Gasteiger partial charge in [-0.3, -0.25) is 4.79 Å². The summed E-state index contributed by atoms with van der Waals surface area (Å²) in [6, 6.07) is 6.36. The van der Waals surface area contributed by atoms with Crippen LogP contribution in [-0.4, -0.2) is 11.5 Å². The molecule has 1 rings (SSSR count). The van der Waals surface area contributed by atoms with E-state index >= 15 is 0 Å². The molecule has 1 amide bonds. The zero-order valence-corrected chi connectivity index (χ0v) is 6.45. The number of primary amides is 1. The number of hydrogen-bond donors (Lipinski definition) is 2. The van der Waals surface area contributed by atoms with Gasteiger partial charge in [0.25, 0.3) is 0 Å². The maximum Gasteiger partial charge on any atom is 0.204 e. The van der Waals surface area contributed by atoms with Crippen molar-refractivity contribution in [2.75, 3.05) is 0 Å². The highest BCUT2D eigenvalue weighted by Crippen LogP contribution is 2.12. The number of hydrogen-bond acceptors (Lipinski definition) is 2. The van der Waals surface area contributed by atoms with Crippen molar-refractivity contribution in [1.82, 2.24) is 0 Å². The van der Waals surface area contributed by atoms with Crippen LogP contribution < -0.4 is 5.73 Å². The lowest BCUT2D eigenvalue weighted by atomic mass is 10.3. The molecular weight excluding hydrogens is 166 g/mol. The van der Waals surface area contributed by atoms with Crippen molar-refractivity contribution in [2.24, 2.45) is 5.73 Å². The highest BCUT2D eigenvalue weighted by Gasteiger charge is 1.84. The third-order valence-electron chi connectivity index (χ3n) is 0.827. The third-order valence-corrected chi connectivity index (χ3v) is 1.08. The largest absolute Gasteiger partial charge is 0.508 e. The van der Waals surface area contributed by atoms with E-state index in [9.17, 15) is 0 Å². The van der Waals surface area contributed by atoms with Crippen LogP contribution in [0.5, 0.6) is 5.75 Å². The Bertz CT molecular complexity index is 189. The van der Waals surface area contributed by atoms with Crippen molar-refractivity contribution in [3.8, 4) is 5.75 Å². The summed E-state index contributed by atoms with van der Waals surface area (Å²) in [6.45, 7) is 0. The van der Waals surface area contributed by atoms with Crippen molar-refractivity contribution in [3.63, 3.8) is 0 Å². The smallest absolute Gasteiger partial charge is 0.204 e. The number of carbonyl (C=O) groups is 1. The Balaban J connectivity index is 0.000000292. The molecular formula is C7H8ClNO2. The lowest BCUT2D eigenvalue weighted by Crippen LogP contribution is -1.82. The lowest BCUT2D eigenvalue weighted by molar-refractivity contribution is -0.106. The Morgan fingerprint density at radius 3 is 2.00 bits per heavy atom. The monoisotopic (exact) mass is 173 g/mol. The molecule has 0 atom stereocenters. The molecule has 0 bridgehead atoms. The lowest BCUT2D eigenvalue weighted by Gasteiger charge is -1.87. The summed E-state index contributed by atoms with van der Waals surface area (Å²) >= 11 is 5.50. The summed E-state index contributed by atoms with van der Waals surface area (Å²) in [4.78, 5) is 8.58. The van der Waals surface area contributed by atoms with Gasteiger partial charge < -0.3 is 10.8 Å². The Labute approximate surface area is 69.4 Å². The third kappa shape index (κ3) is 5.24. The first-order chi connectivity index (χ1) is 5.20. The molecule has 3 N–H and O–H groups in total. The number of halogens is 1. The zero-order valence-electron chi connectivity index (χ0n) is 5.70. The summed E-state index contributed by atoms with van der Waals surface area (Å²) in [7, 11) is 0. The minimum Gasteiger partial charge on any atom is -0.508 e. The predicted octanol–water partition coefficient (Wildman–Crippen LogP) is 1.15. The molecule has 1 aromatic carbocycles. The van der Waals surface area contributed by atoms with E-state index in [1.807, 2.05) is 0 Å². The van der Waals surface area contributed by atoms with Gasteiger partial charge in [0.15, 0.2) is 0 Å². The first kappa shape index (κ1) is 9.78. The second-order valence-electron chi connectivity index (χ2n) is 1.61. The molecule has 1 aromatic rings. The SMILES string of the molecule is NC=O.Oc1ccc(Cl)cc1. The molecule has 11 heavy (non-hydrogen) atoms. The van der Waals surface area contributed by atoms with E-state index in [0.29, 0.717) is 5.02 Å². The average molecular weight is 174 g/mol. The first-order valence-electron chi connectivity index (χ1n) is 2.80. The van der Waals surface area contributed by atoms with Crippen molar-refractivity contribution >= 4 is 18.0 Å². The number of phenols is 1. The van der Waals surface area contributed by atoms with Crippen LogP contribution in [0.4, 0.5) is 0 Å². The maximum atomic E-state index is 8.70. The fourth-order valence-electron chi connectivity index (χ4n) is 0.441. The molecule has 60 valence electrons. The minimum absolute atomic E-state index is 0.245. The number of phenolic OH excluding ortho intramolecular Hbond substituents is 1. The highest BCUT2D eigenvalue weighted by molar-refractivity contribution is 6.30. The molecule has 0 saturated carbocycles. The molecule has 0 aliphatic carbocycles. The number of amides is 1. The average Bonchev–Trinajstić information content (AvgIpc) is 1.97. The zero-order chi connectivity index (χ0) is 8.69. The number of aromatic hydroxyl groups is 1. The van der Waals surface area contributed by atoms with Crippen LogP contribution in [0.1, 0.15) is 0 Å². The second kappa shape index (κ2) is 5.56. The van der Waals surface area contributed by atoms with Gasteiger partial charge in [-0.05, 0) is 24.3 Å². The molecule has 4 heteroatoms. The molecule has 0 fully saturated rings. The molecule has 0 spiro atoms. The summed E-state index contributed by atoms with van der Waals surface area (Å²) in [5.74, 6) is 0.245. The summed E-state index contributed by atoms with van der Waals surface area (Å²) in [5, 5.41) is 9.34. The second-order valence-corrected chi connectivity index (χ2v) is 2.05. The van der Waals surface area contributed by atoms with Crippen LogP contribution in [0.15, 0.2) is 24.3 Å². The van der Waals surface area contributed by atoms with Gasteiger partial charge >= 0.3 is 0 Å². The maximum absolute atomic E-state index is 8.70.